The molecule has 0 bridgehead atoms. The number of hydrogen-bond acceptors (Lipinski definition) is 3. The molecule has 0 aromatic heterocycles. The molecule has 0 aromatic rings. The molecule has 2 rings (SSSR count). The molecule has 0 amide bonds. The molecule has 2 aliphatic carbocycles. The van der Waals surface area contributed by atoms with E-state index in [4.69, 9.17) is 13.3 Å². The molecule has 21 heavy (non-hydrogen) atoms. The molecule has 2 aliphatic rings. The van der Waals surface area contributed by atoms with Crippen molar-refractivity contribution in [2.75, 3.05) is 0 Å². The van der Waals surface area contributed by atoms with Crippen molar-refractivity contribution in [2.45, 2.75) is 95.1 Å². The first-order chi connectivity index (χ1) is 10.1. The highest BCUT2D eigenvalue weighted by atomic mass is 28.3. The van der Waals surface area contributed by atoms with Gasteiger partial charge in [-0.1, -0.05) is 51.4 Å². The van der Waals surface area contributed by atoms with E-state index in [1.807, 2.05) is 0 Å². The third-order valence-corrected chi connectivity index (χ3v) is 10.0. The van der Waals surface area contributed by atoms with E-state index in [1.165, 1.54) is 51.4 Å². The number of rotatable bonds is 8. The lowest BCUT2D eigenvalue weighted by Gasteiger charge is -2.33. The third-order valence-electron chi connectivity index (χ3n) is 4.76. The van der Waals surface area contributed by atoms with Gasteiger partial charge in [0.25, 0.3) is 0 Å². The SMILES string of the molecule is C[SiH](C)OC(O[SiH](C)C)O[SiH](C1CCCC1)C1CCCC1. The van der Waals surface area contributed by atoms with E-state index in [0.29, 0.717) is 0 Å². The van der Waals surface area contributed by atoms with Crippen molar-refractivity contribution in [3.05, 3.63) is 0 Å². The van der Waals surface area contributed by atoms with Crippen LogP contribution in [0.1, 0.15) is 51.4 Å². The Labute approximate surface area is 135 Å². The van der Waals surface area contributed by atoms with Crippen LogP contribution >= 0.6 is 0 Å². The summed E-state index contributed by atoms with van der Waals surface area (Å²) in [6, 6.07) is 0. The van der Waals surface area contributed by atoms with Crippen molar-refractivity contribution < 1.29 is 13.3 Å². The van der Waals surface area contributed by atoms with E-state index in [0.717, 1.165) is 11.1 Å². The second-order valence-electron chi connectivity index (χ2n) is 7.35. The minimum atomic E-state index is -1.22. The molecular weight excluding hydrogens is 312 g/mol. The molecule has 2 fully saturated rings. The molecule has 0 radical (unpaired) electrons. The summed E-state index contributed by atoms with van der Waals surface area (Å²) < 4.78 is 18.8. The molecule has 3 nitrogen and oxygen atoms in total. The van der Waals surface area contributed by atoms with Crippen molar-refractivity contribution in [3.8, 4) is 0 Å². The van der Waals surface area contributed by atoms with Gasteiger partial charge < -0.3 is 13.3 Å². The monoisotopic (exact) mass is 346 g/mol. The average Bonchev–Trinajstić information content (AvgIpc) is 3.08. The van der Waals surface area contributed by atoms with Crippen molar-refractivity contribution in [3.63, 3.8) is 0 Å². The Balaban J connectivity index is 1.99. The fraction of sp³-hybridized carbons (Fsp3) is 1.00. The van der Waals surface area contributed by atoms with E-state index < -0.39 is 27.1 Å². The lowest BCUT2D eigenvalue weighted by molar-refractivity contribution is -0.150. The minimum absolute atomic E-state index is 0.318. The Morgan fingerprint density at radius 1 is 0.667 bits per heavy atom. The minimum Gasteiger partial charge on any atom is -0.376 e. The van der Waals surface area contributed by atoms with E-state index in [1.54, 1.807) is 0 Å². The normalized spacial score (nSPS) is 21.7. The van der Waals surface area contributed by atoms with Crippen molar-refractivity contribution in [1.29, 1.82) is 0 Å². The molecule has 0 aromatic carbocycles. The summed E-state index contributed by atoms with van der Waals surface area (Å²) in [7, 11) is -3.46. The van der Waals surface area contributed by atoms with E-state index >= 15 is 0 Å². The molecule has 0 saturated heterocycles. The van der Waals surface area contributed by atoms with Gasteiger partial charge in [-0.3, -0.25) is 0 Å². The zero-order chi connectivity index (χ0) is 15.2. The lowest BCUT2D eigenvalue weighted by atomic mass is 10.3. The van der Waals surface area contributed by atoms with Crippen molar-refractivity contribution in [1.82, 2.24) is 0 Å². The van der Waals surface area contributed by atoms with Crippen LogP contribution in [0.2, 0.25) is 37.3 Å². The summed E-state index contributed by atoms with van der Waals surface area (Å²) in [5, 5.41) is 0. The van der Waals surface area contributed by atoms with Gasteiger partial charge in [0.15, 0.2) is 27.1 Å². The first-order valence-electron chi connectivity index (χ1n) is 9.02. The summed E-state index contributed by atoms with van der Waals surface area (Å²) in [6.07, 6.45) is 11.2. The molecule has 0 N–H and O–H groups in total. The molecule has 0 atom stereocenters. The van der Waals surface area contributed by atoms with Gasteiger partial charge in [0.05, 0.1) is 0 Å². The van der Waals surface area contributed by atoms with Crippen molar-refractivity contribution >= 4 is 27.1 Å². The van der Waals surface area contributed by atoms with Crippen molar-refractivity contribution in [2.24, 2.45) is 0 Å². The summed E-state index contributed by atoms with van der Waals surface area (Å²) in [4.78, 5) is 0. The van der Waals surface area contributed by atoms with Gasteiger partial charge in [-0.2, -0.15) is 0 Å². The fourth-order valence-electron chi connectivity index (χ4n) is 3.85. The Hall–Kier alpha value is 0.531. The zero-order valence-corrected chi connectivity index (χ0v) is 17.8. The quantitative estimate of drug-likeness (QED) is 0.493. The van der Waals surface area contributed by atoms with Gasteiger partial charge in [-0.15, -0.1) is 0 Å². The van der Waals surface area contributed by atoms with Gasteiger partial charge in [-0.05, 0) is 37.3 Å². The van der Waals surface area contributed by atoms with Crippen LogP contribution in [0.4, 0.5) is 0 Å². The van der Waals surface area contributed by atoms with Gasteiger partial charge >= 0.3 is 0 Å². The van der Waals surface area contributed by atoms with Crippen LogP contribution < -0.4 is 0 Å². The van der Waals surface area contributed by atoms with Crippen LogP contribution in [0, 0.1) is 0 Å². The fourth-order valence-corrected chi connectivity index (χ4v) is 9.23. The van der Waals surface area contributed by atoms with Gasteiger partial charge in [-0.25, -0.2) is 0 Å². The Kier molecular flexibility index (Phi) is 7.65. The highest BCUT2D eigenvalue weighted by Crippen LogP contribution is 2.44. The molecule has 0 spiro atoms. The Morgan fingerprint density at radius 2 is 1.05 bits per heavy atom. The number of hydrogen-bond donors (Lipinski definition) is 0. The second kappa shape index (κ2) is 8.98. The van der Waals surface area contributed by atoms with E-state index in [9.17, 15) is 0 Å². The Morgan fingerprint density at radius 3 is 1.38 bits per heavy atom. The van der Waals surface area contributed by atoms with Gasteiger partial charge in [0, 0.05) is 0 Å². The maximum Gasteiger partial charge on any atom is 0.242 e. The van der Waals surface area contributed by atoms with Crippen LogP contribution in [0.5, 0.6) is 0 Å². The standard InChI is InChI=1S/C15H34O3Si3/c1-19(2)16-15(17-20(3)4)18-21(13-9-5-6-10-13)14-11-7-8-12-14/h13-15,19-21H,5-12H2,1-4H3. The van der Waals surface area contributed by atoms with Crippen LogP contribution in [-0.2, 0) is 13.3 Å². The topological polar surface area (TPSA) is 27.7 Å². The predicted octanol–water partition coefficient (Wildman–Crippen LogP) is 3.90. The van der Waals surface area contributed by atoms with E-state index in [-0.39, 0.29) is 6.48 Å². The summed E-state index contributed by atoms with van der Waals surface area (Å²) in [5.41, 5.74) is 1.76. The first-order valence-corrected chi connectivity index (χ1v) is 16.4. The van der Waals surface area contributed by atoms with Crippen LogP contribution in [-0.4, -0.2) is 33.6 Å². The second-order valence-corrected chi connectivity index (χ2v) is 15.2. The summed E-state index contributed by atoms with van der Waals surface area (Å²) in [5.74, 6) is 0. The zero-order valence-electron chi connectivity index (χ0n) is 14.3. The third kappa shape index (κ3) is 5.91. The smallest absolute Gasteiger partial charge is 0.242 e. The summed E-state index contributed by atoms with van der Waals surface area (Å²) in [6.45, 7) is 8.53. The molecule has 0 heterocycles. The Bertz CT molecular complexity index is 264. The molecule has 6 heteroatoms. The van der Waals surface area contributed by atoms with Gasteiger partial charge in [0.2, 0.25) is 6.48 Å². The average molecular weight is 347 g/mol. The van der Waals surface area contributed by atoms with Crippen LogP contribution in [0.3, 0.4) is 0 Å². The molecule has 0 aliphatic heterocycles. The van der Waals surface area contributed by atoms with E-state index in [2.05, 4.69) is 26.2 Å². The summed E-state index contributed by atoms with van der Waals surface area (Å²) >= 11 is 0. The van der Waals surface area contributed by atoms with Crippen LogP contribution in [0.25, 0.3) is 0 Å². The van der Waals surface area contributed by atoms with Crippen LogP contribution in [0.15, 0.2) is 0 Å². The predicted molar refractivity (Wildman–Crippen MR) is 96.4 cm³/mol. The molecule has 124 valence electrons. The highest BCUT2D eigenvalue weighted by Gasteiger charge is 2.38. The first kappa shape index (κ1) is 17.9. The largest absolute Gasteiger partial charge is 0.376 e. The maximum absolute atomic E-state index is 6.60. The maximum atomic E-state index is 6.60. The molecular formula is C15H34O3Si3. The lowest BCUT2D eigenvalue weighted by Crippen LogP contribution is -2.39. The highest BCUT2D eigenvalue weighted by molar-refractivity contribution is 6.56. The molecule has 0 unspecified atom stereocenters. The van der Waals surface area contributed by atoms with Gasteiger partial charge in [0.1, 0.15) is 0 Å². The molecule has 2 saturated carbocycles.